The van der Waals surface area contributed by atoms with Gasteiger partial charge in [0.15, 0.2) is 0 Å². The lowest BCUT2D eigenvalue weighted by Crippen LogP contribution is -2.07. The second kappa shape index (κ2) is 5.33. The summed E-state index contributed by atoms with van der Waals surface area (Å²) in [4.78, 5) is 4.54. The molecule has 0 unspecified atom stereocenters. The number of hydrogen-bond acceptors (Lipinski definition) is 2. The van der Waals surface area contributed by atoms with Crippen molar-refractivity contribution >= 4 is 45.2 Å². The first-order chi connectivity index (χ1) is 7.76. The maximum Gasteiger partial charge on any atom is 0.110 e. The van der Waals surface area contributed by atoms with Gasteiger partial charge in [-0.2, -0.15) is 0 Å². The summed E-state index contributed by atoms with van der Waals surface area (Å²) in [5.41, 5.74) is 1.94. The molecule has 1 N–H and O–H groups in total. The van der Waals surface area contributed by atoms with Crippen molar-refractivity contribution < 1.29 is 5.11 Å². The fraction of sp³-hybridized carbons (Fsp3) is 0.364. The van der Waals surface area contributed by atoms with Crippen LogP contribution in [0.1, 0.15) is 5.82 Å². The van der Waals surface area contributed by atoms with Crippen molar-refractivity contribution in [2.24, 2.45) is 0 Å². The molecule has 2 aromatic rings. The average molecular weight is 351 g/mol. The van der Waals surface area contributed by atoms with Crippen LogP contribution >= 0.6 is 34.2 Å². The molecule has 5 heteroatoms. The van der Waals surface area contributed by atoms with Gasteiger partial charge in [0.05, 0.1) is 17.6 Å². The predicted molar refractivity (Wildman–Crippen MR) is 74.4 cm³/mol. The Morgan fingerprint density at radius 1 is 1.44 bits per heavy atom. The number of hydrogen-bond donors (Lipinski definition) is 1. The Kier molecular flexibility index (Phi) is 4.05. The number of aliphatic hydroxyl groups is 1. The Morgan fingerprint density at radius 2 is 2.25 bits per heavy atom. The Morgan fingerprint density at radius 3 is 2.94 bits per heavy atom. The van der Waals surface area contributed by atoms with E-state index >= 15 is 0 Å². The van der Waals surface area contributed by atoms with E-state index in [2.05, 4.69) is 32.1 Å². The van der Waals surface area contributed by atoms with Gasteiger partial charge < -0.3 is 9.67 Å². The van der Waals surface area contributed by atoms with Crippen LogP contribution in [0, 0.1) is 0 Å². The second-order valence-corrected chi connectivity index (χ2v) is 4.99. The molecule has 0 fully saturated rings. The van der Waals surface area contributed by atoms with E-state index in [1.807, 2.05) is 18.2 Å². The first-order valence-electron chi connectivity index (χ1n) is 5.07. The smallest absolute Gasteiger partial charge is 0.110 e. The van der Waals surface area contributed by atoms with Crippen molar-refractivity contribution in [3.63, 3.8) is 0 Å². The number of aryl methyl sites for hydroxylation is 1. The van der Waals surface area contributed by atoms with Gasteiger partial charge in [-0.1, -0.05) is 34.2 Å². The molecule has 1 aromatic carbocycles. The van der Waals surface area contributed by atoms with Crippen molar-refractivity contribution in [1.29, 1.82) is 0 Å². The number of nitrogens with zero attached hydrogens (tertiary/aromatic N) is 2. The number of imidazole rings is 1. The minimum atomic E-state index is 0.127. The van der Waals surface area contributed by atoms with Gasteiger partial charge >= 0.3 is 0 Å². The summed E-state index contributed by atoms with van der Waals surface area (Å²) in [5, 5.41) is 9.76. The Hall–Kier alpha value is -0.330. The topological polar surface area (TPSA) is 38.0 Å². The molecule has 0 atom stereocenters. The number of aliphatic hydroxyl groups excluding tert-OH is 1. The highest BCUT2D eigenvalue weighted by atomic mass is 127. The van der Waals surface area contributed by atoms with Crippen LogP contribution in [0.25, 0.3) is 11.0 Å². The van der Waals surface area contributed by atoms with Crippen LogP contribution in [0.2, 0.25) is 5.02 Å². The third-order valence-electron chi connectivity index (χ3n) is 2.43. The molecule has 2 rings (SSSR count). The molecule has 1 aromatic heterocycles. The van der Waals surface area contributed by atoms with E-state index in [1.165, 1.54) is 0 Å². The van der Waals surface area contributed by atoms with E-state index in [4.69, 9.17) is 16.7 Å². The summed E-state index contributed by atoms with van der Waals surface area (Å²) in [6.07, 6.45) is 0.910. The van der Waals surface area contributed by atoms with Crippen LogP contribution in [0.5, 0.6) is 0 Å². The third-order valence-corrected chi connectivity index (χ3v) is 3.21. The molecular formula is C11H12ClIN2O. The molecule has 0 saturated carbocycles. The molecule has 0 spiro atoms. The van der Waals surface area contributed by atoms with E-state index in [0.29, 0.717) is 11.6 Å². The summed E-state index contributed by atoms with van der Waals surface area (Å²) >= 11 is 8.26. The summed E-state index contributed by atoms with van der Waals surface area (Å²) in [6.45, 7) is 0.715. The minimum absolute atomic E-state index is 0.127. The molecule has 86 valence electrons. The lowest BCUT2D eigenvalue weighted by molar-refractivity contribution is 0.276. The number of fused-ring (bicyclic) bond motifs is 1. The zero-order valence-corrected chi connectivity index (χ0v) is 11.6. The Balaban J connectivity index is 2.56. The number of alkyl halides is 1. The van der Waals surface area contributed by atoms with Gasteiger partial charge in [0, 0.05) is 22.4 Å². The van der Waals surface area contributed by atoms with Crippen molar-refractivity contribution in [2.45, 2.75) is 13.0 Å². The quantitative estimate of drug-likeness (QED) is 0.680. The first kappa shape index (κ1) is 12.1. The number of benzene rings is 1. The molecule has 16 heavy (non-hydrogen) atoms. The van der Waals surface area contributed by atoms with E-state index in [9.17, 15) is 0 Å². The number of halogens is 2. The minimum Gasteiger partial charge on any atom is -0.395 e. The number of rotatable bonds is 4. The lowest BCUT2D eigenvalue weighted by Gasteiger charge is -2.05. The summed E-state index contributed by atoms with van der Waals surface area (Å²) in [7, 11) is 0. The highest BCUT2D eigenvalue weighted by Gasteiger charge is 2.09. The molecular weight excluding hydrogens is 338 g/mol. The zero-order chi connectivity index (χ0) is 11.5. The highest BCUT2D eigenvalue weighted by molar-refractivity contribution is 14.1. The van der Waals surface area contributed by atoms with Crippen molar-refractivity contribution in [2.75, 3.05) is 11.0 Å². The third kappa shape index (κ3) is 2.33. The van der Waals surface area contributed by atoms with Gasteiger partial charge in [-0.15, -0.1) is 0 Å². The van der Waals surface area contributed by atoms with E-state index in [1.54, 1.807) is 0 Å². The fourth-order valence-corrected chi connectivity index (χ4v) is 2.43. The Labute approximate surface area is 113 Å². The molecule has 1 heterocycles. The molecule has 3 nitrogen and oxygen atoms in total. The highest BCUT2D eigenvalue weighted by Crippen LogP contribution is 2.21. The average Bonchev–Trinajstić information content (AvgIpc) is 2.57. The first-order valence-corrected chi connectivity index (χ1v) is 6.98. The van der Waals surface area contributed by atoms with Crippen LogP contribution < -0.4 is 0 Å². The maximum absolute atomic E-state index is 9.07. The van der Waals surface area contributed by atoms with E-state index < -0.39 is 0 Å². The zero-order valence-electron chi connectivity index (χ0n) is 8.66. The largest absolute Gasteiger partial charge is 0.395 e. The standard InChI is InChI=1S/C11H12ClIN2O/c12-8-1-2-10-9(7-8)14-11(3-4-13)15(10)5-6-16/h1-2,7,16H,3-6H2. The van der Waals surface area contributed by atoms with Gasteiger partial charge in [0.25, 0.3) is 0 Å². The van der Waals surface area contributed by atoms with Crippen LogP contribution in [0.15, 0.2) is 18.2 Å². The lowest BCUT2D eigenvalue weighted by atomic mass is 10.3. The molecule has 0 aliphatic rings. The number of aromatic nitrogens is 2. The molecule has 0 aliphatic carbocycles. The monoisotopic (exact) mass is 350 g/mol. The molecule has 0 amide bonds. The molecule has 0 aliphatic heterocycles. The summed E-state index contributed by atoms with van der Waals surface area (Å²) < 4.78 is 3.07. The van der Waals surface area contributed by atoms with Gasteiger partial charge in [0.1, 0.15) is 5.82 Å². The van der Waals surface area contributed by atoms with Crippen LogP contribution in [-0.4, -0.2) is 25.7 Å². The van der Waals surface area contributed by atoms with Gasteiger partial charge in [-0.25, -0.2) is 4.98 Å². The van der Waals surface area contributed by atoms with Crippen molar-refractivity contribution in [3.05, 3.63) is 29.0 Å². The normalized spacial score (nSPS) is 11.2. The van der Waals surface area contributed by atoms with Crippen LogP contribution in [0.3, 0.4) is 0 Å². The SMILES string of the molecule is OCCn1c(CCI)nc2cc(Cl)ccc21. The molecule has 0 saturated heterocycles. The van der Waals surface area contributed by atoms with Crippen molar-refractivity contribution in [1.82, 2.24) is 9.55 Å². The van der Waals surface area contributed by atoms with Gasteiger partial charge in [-0.3, -0.25) is 0 Å². The summed E-state index contributed by atoms with van der Waals surface area (Å²) in [6, 6.07) is 5.67. The summed E-state index contributed by atoms with van der Waals surface area (Å²) in [5.74, 6) is 1.01. The van der Waals surface area contributed by atoms with E-state index in [0.717, 1.165) is 27.7 Å². The van der Waals surface area contributed by atoms with Crippen LogP contribution in [0.4, 0.5) is 0 Å². The predicted octanol–water partition coefficient (Wildman–Crippen LogP) is 2.66. The second-order valence-electron chi connectivity index (χ2n) is 3.48. The molecule has 0 radical (unpaired) electrons. The maximum atomic E-state index is 9.07. The van der Waals surface area contributed by atoms with Gasteiger partial charge in [0.2, 0.25) is 0 Å². The fourth-order valence-electron chi connectivity index (χ4n) is 1.78. The van der Waals surface area contributed by atoms with Gasteiger partial charge in [-0.05, 0) is 18.2 Å². The van der Waals surface area contributed by atoms with Crippen molar-refractivity contribution in [3.8, 4) is 0 Å². The Bertz CT molecular complexity index is 498. The molecule has 0 bridgehead atoms. The van der Waals surface area contributed by atoms with E-state index in [-0.39, 0.29) is 6.61 Å². The van der Waals surface area contributed by atoms with Crippen LogP contribution in [-0.2, 0) is 13.0 Å².